The lowest BCUT2D eigenvalue weighted by Gasteiger charge is -2.37. The summed E-state index contributed by atoms with van der Waals surface area (Å²) in [5, 5.41) is 24.1. The Morgan fingerprint density at radius 1 is 0.714 bits per heavy atom. The Hall–Kier alpha value is -1.14. The van der Waals surface area contributed by atoms with Crippen LogP contribution in [0.2, 0.25) is 0 Å². The summed E-state index contributed by atoms with van der Waals surface area (Å²) in [5.74, 6) is -0.0122. The molecule has 1 amide bonds. The summed E-state index contributed by atoms with van der Waals surface area (Å²) in [6, 6.07) is 0. The molecule has 210 valence electrons. The van der Waals surface area contributed by atoms with E-state index in [2.05, 4.69) is 37.2 Å². The zero-order chi connectivity index (χ0) is 26.8. The molecule has 10 heteroatoms. The van der Waals surface area contributed by atoms with Gasteiger partial charge in [-0.3, -0.25) is 4.79 Å². The van der Waals surface area contributed by atoms with Crippen LogP contribution in [0.15, 0.2) is 0 Å². The number of hydrogen-bond acceptors (Lipinski definition) is 9. The number of carbonyl (C=O) groups excluding carboxylic acids is 2. The molecule has 3 heterocycles. The Bertz CT molecular complexity index is 451. The first-order valence-electron chi connectivity index (χ1n) is 13.9. The number of rotatable bonds is 5. The summed E-state index contributed by atoms with van der Waals surface area (Å²) in [6.07, 6.45) is 2.23. The van der Waals surface area contributed by atoms with Gasteiger partial charge in [-0.15, -0.1) is 0 Å². The van der Waals surface area contributed by atoms with E-state index in [0.29, 0.717) is 38.9 Å². The van der Waals surface area contributed by atoms with Crippen molar-refractivity contribution in [3.05, 3.63) is 0 Å². The van der Waals surface area contributed by atoms with Crippen LogP contribution in [0.1, 0.15) is 60.8 Å². The minimum absolute atomic E-state index is 0.0122. The second-order valence-electron chi connectivity index (χ2n) is 8.31. The summed E-state index contributed by atoms with van der Waals surface area (Å²) in [5.41, 5.74) is 5.83. The van der Waals surface area contributed by atoms with Crippen LogP contribution in [0, 0.1) is 0 Å². The standard InChI is InChI=1S/C19H40N8O2.3C2H6/c20-18-11-21-4-7-24-14-19(15-25-8-5-22-12-18,16-26-9-6-23-13-18)27-17(29)3-1-2-10-28;3*1-2/h10,21-26H,1-9,11-16,20H2,(H,27,29);3*1-2H3. The van der Waals surface area contributed by atoms with Gasteiger partial charge < -0.3 is 47.7 Å². The fourth-order valence-electron chi connectivity index (χ4n) is 3.74. The van der Waals surface area contributed by atoms with Gasteiger partial charge in [0.05, 0.1) is 11.1 Å². The molecule has 3 aliphatic heterocycles. The minimum atomic E-state index is -0.440. The van der Waals surface area contributed by atoms with E-state index in [1.165, 1.54) is 0 Å². The van der Waals surface area contributed by atoms with E-state index in [0.717, 1.165) is 65.2 Å². The lowest BCUT2D eigenvalue weighted by molar-refractivity contribution is -0.123. The molecule has 0 radical (unpaired) electrons. The Balaban J connectivity index is 0. The molecule has 0 aromatic rings. The molecule has 2 bridgehead atoms. The van der Waals surface area contributed by atoms with E-state index in [4.69, 9.17) is 5.73 Å². The van der Waals surface area contributed by atoms with Crippen LogP contribution in [0.4, 0.5) is 0 Å². The van der Waals surface area contributed by atoms with Gasteiger partial charge in [0.2, 0.25) is 5.91 Å². The van der Waals surface area contributed by atoms with Crippen molar-refractivity contribution in [2.45, 2.75) is 71.9 Å². The summed E-state index contributed by atoms with van der Waals surface area (Å²) < 4.78 is 0. The molecule has 0 saturated carbocycles. The number of carbonyl (C=O) groups is 2. The van der Waals surface area contributed by atoms with Gasteiger partial charge in [0, 0.05) is 91.4 Å². The van der Waals surface area contributed by atoms with E-state index in [1.54, 1.807) is 0 Å². The molecule has 0 aromatic heterocycles. The first-order chi connectivity index (χ1) is 17.1. The fraction of sp³-hybridized carbons (Fsp3) is 0.920. The van der Waals surface area contributed by atoms with Crippen molar-refractivity contribution in [1.29, 1.82) is 0 Å². The van der Waals surface area contributed by atoms with Crippen LogP contribution >= 0.6 is 0 Å². The molecule has 0 spiro atoms. The number of nitrogens with two attached hydrogens (primary N) is 1. The van der Waals surface area contributed by atoms with E-state index in [1.807, 2.05) is 41.5 Å². The summed E-state index contributed by atoms with van der Waals surface area (Å²) >= 11 is 0. The average Bonchev–Trinajstić information content (AvgIpc) is 2.89. The predicted octanol–water partition coefficient (Wildman–Crippen LogP) is -0.448. The number of amides is 1. The van der Waals surface area contributed by atoms with Gasteiger partial charge in [-0.2, -0.15) is 0 Å². The second kappa shape index (κ2) is 24.5. The summed E-state index contributed by atoms with van der Waals surface area (Å²) in [7, 11) is 0. The van der Waals surface area contributed by atoms with Gasteiger partial charge in [0.1, 0.15) is 6.29 Å². The average molecular weight is 503 g/mol. The first kappa shape index (κ1) is 36.0. The van der Waals surface area contributed by atoms with Crippen LogP contribution in [0.25, 0.3) is 0 Å². The normalized spacial score (nSPS) is 26.0. The van der Waals surface area contributed by atoms with Crippen LogP contribution in [-0.2, 0) is 9.59 Å². The Kier molecular flexibility index (Phi) is 25.3. The van der Waals surface area contributed by atoms with Gasteiger partial charge in [-0.05, 0) is 6.42 Å². The van der Waals surface area contributed by atoms with Gasteiger partial charge in [0.25, 0.3) is 0 Å². The number of hydrogen-bond donors (Lipinski definition) is 8. The Labute approximate surface area is 215 Å². The van der Waals surface area contributed by atoms with Gasteiger partial charge in [-0.25, -0.2) is 0 Å². The maximum atomic E-state index is 12.5. The molecule has 0 aromatic carbocycles. The highest BCUT2D eigenvalue weighted by atomic mass is 16.1. The molecule has 3 rings (SSSR count). The smallest absolute Gasteiger partial charge is 0.220 e. The lowest BCUT2D eigenvalue weighted by Crippen LogP contribution is -2.67. The van der Waals surface area contributed by atoms with Crippen LogP contribution in [0.3, 0.4) is 0 Å². The van der Waals surface area contributed by atoms with Crippen LogP contribution in [0.5, 0.6) is 0 Å². The summed E-state index contributed by atoms with van der Waals surface area (Å²) in [4.78, 5) is 23.1. The highest BCUT2D eigenvalue weighted by molar-refractivity contribution is 5.77. The Morgan fingerprint density at radius 3 is 1.40 bits per heavy atom. The van der Waals surface area contributed by atoms with E-state index in [-0.39, 0.29) is 11.4 Å². The molecule has 3 aliphatic rings. The molecule has 0 atom stereocenters. The van der Waals surface area contributed by atoms with E-state index >= 15 is 0 Å². The lowest BCUT2D eigenvalue weighted by atomic mass is 9.97. The van der Waals surface area contributed by atoms with E-state index < -0.39 is 5.54 Å². The van der Waals surface area contributed by atoms with Gasteiger partial charge in [-0.1, -0.05) is 41.5 Å². The van der Waals surface area contributed by atoms with Crippen LogP contribution < -0.4 is 43.0 Å². The van der Waals surface area contributed by atoms with Crippen molar-refractivity contribution >= 4 is 12.2 Å². The first-order valence-corrected chi connectivity index (χ1v) is 13.9. The molecule has 0 unspecified atom stereocenters. The molecular weight excluding hydrogens is 444 g/mol. The molecule has 10 nitrogen and oxygen atoms in total. The zero-order valence-electron chi connectivity index (χ0n) is 23.6. The maximum absolute atomic E-state index is 12.5. The highest BCUT2D eigenvalue weighted by Crippen LogP contribution is 2.05. The zero-order valence-corrected chi connectivity index (χ0v) is 23.6. The minimum Gasteiger partial charge on any atom is -0.347 e. The fourth-order valence-corrected chi connectivity index (χ4v) is 3.74. The number of fused-ring (bicyclic) bond motifs is 15. The molecule has 3 saturated heterocycles. The van der Waals surface area contributed by atoms with Crippen LogP contribution in [-0.4, -0.2) is 102 Å². The largest absolute Gasteiger partial charge is 0.347 e. The monoisotopic (exact) mass is 502 g/mol. The van der Waals surface area contributed by atoms with Gasteiger partial charge in [0.15, 0.2) is 0 Å². The molecule has 9 N–H and O–H groups in total. The molecular formula is C25H58N8O2. The molecule has 3 fully saturated rings. The number of unbranched alkanes of at least 4 members (excludes halogenated alkanes) is 1. The molecule has 0 aliphatic carbocycles. The SMILES string of the molecule is CC.CC.CC.NC12CNCCNCC(NC(=O)CCCC=O)(CNCCNC1)CNCCNC2. The third-order valence-corrected chi connectivity index (χ3v) is 5.39. The van der Waals surface area contributed by atoms with Crippen molar-refractivity contribution in [1.82, 2.24) is 37.2 Å². The van der Waals surface area contributed by atoms with E-state index in [9.17, 15) is 9.59 Å². The quantitative estimate of drug-likeness (QED) is 0.185. The third kappa shape index (κ3) is 17.9. The number of aldehydes is 1. The highest BCUT2D eigenvalue weighted by Gasteiger charge is 2.31. The van der Waals surface area contributed by atoms with Crippen molar-refractivity contribution in [2.24, 2.45) is 5.73 Å². The molecule has 35 heavy (non-hydrogen) atoms. The van der Waals surface area contributed by atoms with Crippen molar-refractivity contribution < 1.29 is 9.59 Å². The summed E-state index contributed by atoms with van der Waals surface area (Å²) in [6.45, 7) is 21.0. The maximum Gasteiger partial charge on any atom is 0.220 e. The van der Waals surface area contributed by atoms with Crippen molar-refractivity contribution in [3.8, 4) is 0 Å². The van der Waals surface area contributed by atoms with Crippen molar-refractivity contribution in [3.63, 3.8) is 0 Å². The van der Waals surface area contributed by atoms with Crippen molar-refractivity contribution in [2.75, 3.05) is 78.5 Å². The Morgan fingerprint density at radius 2 is 1.06 bits per heavy atom. The van der Waals surface area contributed by atoms with Gasteiger partial charge >= 0.3 is 0 Å². The second-order valence-corrected chi connectivity index (χ2v) is 8.31. The topological polar surface area (TPSA) is 144 Å². The number of nitrogens with one attached hydrogen (secondary N) is 7. The predicted molar refractivity (Wildman–Crippen MR) is 149 cm³/mol. The third-order valence-electron chi connectivity index (χ3n) is 5.39.